The summed E-state index contributed by atoms with van der Waals surface area (Å²) >= 11 is 0. The number of amides is 2. The average molecular weight is 504 g/mol. The molecule has 0 aromatic heterocycles. The lowest BCUT2D eigenvalue weighted by molar-refractivity contribution is -0.137. The standard InChI is InChI=1S/C29H24F3N3O2/c1-17-9-12-19(13-10-17)34-26(36)21-16-18(11-14-22(21)29(30,31)32)20-6-4-7-23-25(20)28(2,3)27(37)35(23)24-8-5-15-33-24/h4-14,16H,15H2,1-3H3,(H,34,36). The van der Waals surface area contributed by atoms with E-state index in [4.69, 9.17) is 0 Å². The van der Waals surface area contributed by atoms with Gasteiger partial charge in [0.05, 0.1) is 28.8 Å². The van der Waals surface area contributed by atoms with Gasteiger partial charge in [0, 0.05) is 5.69 Å². The van der Waals surface area contributed by atoms with Crippen molar-refractivity contribution >= 4 is 29.0 Å². The topological polar surface area (TPSA) is 61.8 Å². The number of hydrogen-bond acceptors (Lipinski definition) is 3. The minimum atomic E-state index is -4.73. The summed E-state index contributed by atoms with van der Waals surface area (Å²) in [7, 11) is 0. The molecule has 0 atom stereocenters. The Kier molecular flexibility index (Phi) is 5.78. The molecule has 37 heavy (non-hydrogen) atoms. The maximum absolute atomic E-state index is 13.9. The summed E-state index contributed by atoms with van der Waals surface area (Å²) in [5.41, 5.74) is 1.15. The van der Waals surface area contributed by atoms with E-state index in [0.29, 0.717) is 40.4 Å². The lowest BCUT2D eigenvalue weighted by Gasteiger charge is -2.21. The van der Waals surface area contributed by atoms with Crippen LogP contribution in [0.4, 0.5) is 24.5 Å². The number of halogens is 3. The number of hydrogen-bond donors (Lipinski definition) is 1. The highest BCUT2D eigenvalue weighted by Crippen LogP contribution is 2.47. The number of fused-ring (bicyclic) bond motifs is 1. The van der Waals surface area contributed by atoms with Crippen LogP contribution in [0.5, 0.6) is 0 Å². The zero-order chi connectivity index (χ0) is 26.5. The fourth-order valence-electron chi connectivity index (χ4n) is 4.83. The molecule has 0 spiro atoms. The predicted molar refractivity (Wildman–Crippen MR) is 138 cm³/mol. The fraction of sp³-hybridized carbons (Fsp3) is 0.207. The Bertz CT molecular complexity index is 1490. The zero-order valence-corrected chi connectivity index (χ0v) is 20.5. The first-order valence-corrected chi connectivity index (χ1v) is 11.8. The summed E-state index contributed by atoms with van der Waals surface area (Å²) in [6, 6.07) is 15.6. The number of aryl methyl sites for hydroxylation is 1. The van der Waals surface area contributed by atoms with Crippen LogP contribution < -0.4 is 10.2 Å². The highest BCUT2D eigenvalue weighted by atomic mass is 19.4. The van der Waals surface area contributed by atoms with Crippen molar-refractivity contribution < 1.29 is 22.8 Å². The number of nitrogens with zero attached hydrogens (tertiary/aromatic N) is 2. The lowest BCUT2D eigenvalue weighted by Crippen LogP contribution is -2.39. The molecule has 0 aliphatic carbocycles. The van der Waals surface area contributed by atoms with Crippen LogP contribution in [0, 0.1) is 6.92 Å². The second-order valence-corrected chi connectivity index (χ2v) is 9.64. The summed E-state index contributed by atoms with van der Waals surface area (Å²) in [6.45, 7) is 5.92. The number of nitrogens with one attached hydrogen (secondary N) is 1. The first-order valence-electron chi connectivity index (χ1n) is 11.8. The van der Waals surface area contributed by atoms with Crippen LogP contribution in [-0.2, 0) is 16.4 Å². The van der Waals surface area contributed by atoms with Gasteiger partial charge in [0.1, 0.15) is 5.84 Å². The lowest BCUT2D eigenvalue weighted by atomic mass is 9.81. The van der Waals surface area contributed by atoms with E-state index in [2.05, 4.69) is 10.3 Å². The van der Waals surface area contributed by atoms with E-state index < -0.39 is 28.6 Å². The Morgan fingerprint density at radius 2 is 1.78 bits per heavy atom. The summed E-state index contributed by atoms with van der Waals surface area (Å²) in [5.74, 6) is -0.517. The second kappa shape index (κ2) is 8.73. The molecule has 0 unspecified atom stereocenters. The maximum atomic E-state index is 13.9. The highest BCUT2D eigenvalue weighted by molar-refractivity contribution is 6.28. The van der Waals surface area contributed by atoms with Gasteiger partial charge in [-0.05, 0) is 73.9 Å². The maximum Gasteiger partial charge on any atom is 0.417 e. The SMILES string of the molecule is Cc1ccc(NC(=O)c2cc(-c3cccc4c3C(C)(C)C(=O)N4C3=NCC=C3)ccc2C(F)(F)F)cc1. The van der Waals surface area contributed by atoms with Gasteiger partial charge in [0.2, 0.25) is 5.91 Å². The minimum Gasteiger partial charge on any atom is -0.322 e. The van der Waals surface area contributed by atoms with Crippen molar-refractivity contribution in [1.29, 1.82) is 0 Å². The number of rotatable bonds is 3. The molecule has 0 bridgehead atoms. The Hall–Kier alpha value is -4.20. The summed E-state index contributed by atoms with van der Waals surface area (Å²) in [5, 5.41) is 2.57. The molecule has 2 amide bonds. The first kappa shape index (κ1) is 24.5. The van der Waals surface area contributed by atoms with E-state index in [1.54, 1.807) is 67.3 Å². The molecule has 2 aliphatic rings. The Morgan fingerprint density at radius 1 is 1.05 bits per heavy atom. The average Bonchev–Trinajstić information content (AvgIpc) is 3.45. The molecule has 3 aromatic rings. The van der Waals surface area contributed by atoms with Gasteiger partial charge in [0.25, 0.3) is 5.91 Å². The molecule has 0 saturated heterocycles. The number of carbonyl (C=O) groups is 2. The molecule has 2 heterocycles. The van der Waals surface area contributed by atoms with E-state index in [0.717, 1.165) is 11.6 Å². The van der Waals surface area contributed by atoms with Gasteiger partial charge >= 0.3 is 6.18 Å². The number of carbonyl (C=O) groups excluding carboxylic acids is 2. The van der Waals surface area contributed by atoms with E-state index >= 15 is 0 Å². The summed E-state index contributed by atoms with van der Waals surface area (Å²) in [4.78, 5) is 32.5. The molecule has 2 aliphatic heterocycles. The van der Waals surface area contributed by atoms with Crippen molar-refractivity contribution in [2.45, 2.75) is 32.4 Å². The highest BCUT2D eigenvalue weighted by Gasteiger charge is 2.47. The van der Waals surface area contributed by atoms with E-state index in [9.17, 15) is 22.8 Å². The predicted octanol–water partition coefficient (Wildman–Crippen LogP) is 6.53. The second-order valence-electron chi connectivity index (χ2n) is 9.64. The van der Waals surface area contributed by atoms with Gasteiger partial charge in [-0.2, -0.15) is 13.2 Å². The van der Waals surface area contributed by atoms with E-state index in [1.165, 1.54) is 12.1 Å². The monoisotopic (exact) mass is 503 g/mol. The van der Waals surface area contributed by atoms with Crippen LogP contribution in [0.15, 0.2) is 77.8 Å². The quantitative estimate of drug-likeness (QED) is 0.442. The van der Waals surface area contributed by atoms with Crippen LogP contribution in [0.3, 0.4) is 0 Å². The molecule has 3 aromatic carbocycles. The molecule has 188 valence electrons. The van der Waals surface area contributed by atoms with Crippen LogP contribution >= 0.6 is 0 Å². The van der Waals surface area contributed by atoms with E-state index in [-0.39, 0.29) is 5.91 Å². The Balaban J connectivity index is 1.63. The van der Waals surface area contributed by atoms with Crippen LogP contribution in [-0.4, -0.2) is 24.2 Å². The van der Waals surface area contributed by atoms with Gasteiger partial charge in [-0.15, -0.1) is 0 Å². The molecule has 0 saturated carbocycles. The molecule has 5 rings (SSSR count). The largest absolute Gasteiger partial charge is 0.417 e. The van der Waals surface area contributed by atoms with Gasteiger partial charge in [-0.25, -0.2) is 0 Å². The number of anilines is 2. The van der Waals surface area contributed by atoms with Gasteiger partial charge in [-0.3, -0.25) is 19.5 Å². The molecule has 0 radical (unpaired) electrons. The van der Waals surface area contributed by atoms with Crippen molar-refractivity contribution in [1.82, 2.24) is 0 Å². The van der Waals surface area contributed by atoms with Crippen LogP contribution in [0.25, 0.3) is 11.1 Å². The van der Waals surface area contributed by atoms with Crippen molar-refractivity contribution in [3.05, 3.63) is 95.1 Å². The van der Waals surface area contributed by atoms with Crippen LogP contribution in [0.1, 0.15) is 40.9 Å². The molecule has 8 heteroatoms. The number of benzene rings is 3. The third kappa shape index (κ3) is 4.22. The van der Waals surface area contributed by atoms with Crippen molar-refractivity contribution in [2.75, 3.05) is 16.8 Å². The normalized spacial score (nSPS) is 16.1. The van der Waals surface area contributed by atoms with Crippen molar-refractivity contribution in [3.8, 4) is 11.1 Å². The third-order valence-corrected chi connectivity index (χ3v) is 6.69. The molecular formula is C29H24F3N3O2. The summed E-state index contributed by atoms with van der Waals surface area (Å²) < 4.78 is 41.7. The zero-order valence-electron chi connectivity index (χ0n) is 20.5. The first-order chi connectivity index (χ1) is 17.5. The Labute approximate surface area is 212 Å². The van der Waals surface area contributed by atoms with Gasteiger partial charge in [0.15, 0.2) is 0 Å². The smallest absolute Gasteiger partial charge is 0.322 e. The van der Waals surface area contributed by atoms with Crippen LogP contribution in [0.2, 0.25) is 0 Å². The van der Waals surface area contributed by atoms with Crippen molar-refractivity contribution in [2.24, 2.45) is 4.99 Å². The molecule has 1 N–H and O–H groups in total. The minimum absolute atomic E-state index is 0.176. The molecule has 5 nitrogen and oxygen atoms in total. The van der Waals surface area contributed by atoms with E-state index in [1.807, 2.05) is 13.0 Å². The fourth-order valence-corrected chi connectivity index (χ4v) is 4.83. The number of alkyl halides is 3. The molecule has 0 fully saturated rings. The van der Waals surface area contributed by atoms with Gasteiger partial charge < -0.3 is 5.32 Å². The Morgan fingerprint density at radius 3 is 2.43 bits per heavy atom. The summed E-state index contributed by atoms with van der Waals surface area (Å²) in [6.07, 6.45) is -1.09. The van der Waals surface area contributed by atoms with Gasteiger partial charge in [-0.1, -0.05) is 42.0 Å². The number of aliphatic imine (C=N–C) groups is 1. The van der Waals surface area contributed by atoms with Crippen molar-refractivity contribution in [3.63, 3.8) is 0 Å². The molecular weight excluding hydrogens is 479 g/mol. The number of amidine groups is 1. The third-order valence-electron chi connectivity index (χ3n) is 6.69.